The summed E-state index contributed by atoms with van der Waals surface area (Å²) in [5.41, 5.74) is 26.8. The molecule has 3 heteroatoms. The van der Waals surface area contributed by atoms with Crippen molar-refractivity contribution in [1.82, 2.24) is 0 Å². The van der Waals surface area contributed by atoms with E-state index < -0.39 is 0 Å². The fourth-order valence-corrected chi connectivity index (χ4v) is 13.9. The molecular formula is C65H71BN2. The summed E-state index contributed by atoms with van der Waals surface area (Å²) in [6.45, 7) is 36.2. The summed E-state index contributed by atoms with van der Waals surface area (Å²) in [4.78, 5) is 5.38. The summed E-state index contributed by atoms with van der Waals surface area (Å²) >= 11 is 0. The fourth-order valence-electron chi connectivity index (χ4n) is 13.9. The first-order valence-electron chi connectivity index (χ1n) is 25.4. The third-order valence-electron chi connectivity index (χ3n) is 17.0. The highest BCUT2D eigenvalue weighted by atomic mass is 15.2. The van der Waals surface area contributed by atoms with E-state index in [0.29, 0.717) is 0 Å². The molecule has 68 heavy (non-hydrogen) atoms. The van der Waals surface area contributed by atoms with E-state index in [1.807, 2.05) is 0 Å². The normalized spacial score (nSPS) is 17.9. The second kappa shape index (κ2) is 14.6. The van der Waals surface area contributed by atoms with Crippen LogP contribution in [0.2, 0.25) is 0 Å². The maximum absolute atomic E-state index is 2.70. The monoisotopic (exact) mass is 891 g/mol. The highest BCUT2D eigenvalue weighted by molar-refractivity contribution is 7.00. The van der Waals surface area contributed by atoms with Gasteiger partial charge in [-0.2, -0.15) is 0 Å². The van der Waals surface area contributed by atoms with Crippen molar-refractivity contribution in [2.24, 2.45) is 0 Å². The zero-order chi connectivity index (χ0) is 48.2. The third kappa shape index (κ3) is 6.65. The smallest absolute Gasteiger partial charge is 0.252 e. The third-order valence-corrected chi connectivity index (χ3v) is 17.0. The molecular weight excluding hydrogens is 820 g/mol. The predicted molar refractivity (Wildman–Crippen MR) is 294 cm³/mol. The Balaban J connectivity index is 1.27. The molecule has 0 fully saturated rings. The van der Waals surface area contributed by atoms with Crippen LogP contribution in [0.3, 0.4) is 0 Å². The molecule has 0 amide bonds. The number of fused-ring (bicyclic) bond motifs is 6. The van der Waals surface area contributed by atoms with Gasteiger partial charge in [0.2, 0.25) is 0 Å². The molecule has 0 unspecified atom stereocenters. The quantitative estimate of drug-likeness (QED) is 0.159. The van der Waals surface area contributed by atoms with E-state index in [1.165, 1.54) is 112 Å². The Bertz CT molecular complexity index is 3210. The number of nitrogens with zero attached hydrogens (tertiary/aromatic N) is 2. The van der Waals surface area contributed by atoms with E-state index in [-0.39, 0.29) is 39.2 Å². The van der Waals surface area contributed by atoms with E-state index in [4.69, 9.17) is 0 Å². The molecule has 0 N–H and O–H groups in total. The SMILES string of the molecule is Cc1cc2c3c(c1)N(c1ccc(C(C)(C)C)cc1-c1ccccc1)c1cc4c(cc1B3c1ccc(C(C)(C)c3ccccc3)cc1N2c1cc2c(cc1C)C(C)(C)CC2(C)C)C(C)(C)CC4(C)C. The van der Waals surface area contributed by atoms with Gasteiger partial charge in [-0.1, -0.05) is 181 Å². The van der Waals surface area contributed by atoms with E-state index >= 15 is 0 Å². The van der Waals surface area contributed by atoms with Crippen molar-refractivity contribution < 1.29 is 0 Å². The number of aryl methyl sites for hydroxylation is 2. The lowest BCUT2D eigenvalue weighted by atomic mass is 9.33. The van der Waals surface area contributed by atoms with Gasteiger partial charge in [0.15, 0.2) is 0 Å². The van der Waals surface area contributed by atoms with Crippen molar-refractivity contribution in [2.45, 2.75) is 149 Å². The summed E-state index contributed by atoms with van der Waals surface area (Å²) in [6, 6.07) is 52.5. The molecule has 2 nitrogen and oxygen atoms in total. The molecule has 344 valence electrons. The Kier molecular flexibility index (Phi) is 9.61. The molecule has 0 atom stereocenters. The van der Waals surface area contributed by atoms with Gasteiger partial charge >= 0.3 is 0 Å². The Labute approximate surface area is 408 Å². The Hall–Kier alpha value is -5.80. The van der Waals surface area contributed by atoms with Crippen LogP contribution in [0, 0.1) is 13.8 Å². The van der Waals surface area contributed by atoms with Crippen molar-refractivity contribution in [2.75, 3.05) is 9.80 Å². The van der Waals surface area contributed by atoms with Crippen LogP contribution in [-0.2, 0) is 32.5 Å². The molecule has 2 aliphatic heterocycles. The predicted octanol–water partition coefficient (Wildman–Crippen LogP) is 15.6. The lowest BCUT2D eigenvalue weighted by Crippen LogP contribution is -2.61. The van der Waals surface area contributed by atoms with Crippen LogP contribution >= 0.6 is 0 Å². The molecule has 0 bridgehead atoms. The molecule has 0 spiro atoms. The molecule has 2 heterocycles. The van der Waals surface area contributed by atoms with Crippen molar-refractivity contribution in [3.63, 3.8) is 0 Å². The van der Waals surface area contributed by atoms with E-state index in [2.05, 4.69) is 247 Å². The molecule has 2 aliphatic carbocycles. The average Bonchev–Trinajstić information content (AvgIpc) is 3.58. The minimum absolute atomic E-state index is 0.0124. The van der Waals surface area contributed by atoms with E-state index in [1.54, 1.807) is 0 Å². The van der Waals surface area contributed by atoms with Crippen molar-refractivity contribution in [3.8, 4) is 11.1 Å². The molecule has 0 aromatic heterocycles. The molecule has 7 aromatic rings. The van der Waals surface area contributed by atoms with Gasteiger partial charge < -0.3 is 9.80 Å². The van der Waals surface area contributed by atoms with Gasteiger partial charge in [-0.3, -0.25) is 0 Å². The molecule has 0 saturated heterocycles. The second-order valence-corrected chi connectivity index (χ2v) is 25.5. The summed E-state index contributed by atoms with van der Waals surface area (Å²) in [5.74, 6) is 0. The number of anilines is 6. The van der Waals surface area contributed by atoms with Gasteiger partial charge in [0.1, 0.15) is 0 Å². The van der Waals surface area contributed by atoms with Crippen molar-refractivity contribution in [3.05, 3.63) is 184 Å². The average molecular weight is 891 g/mol. The van der Waals surface area contributed by atoms with Crippen LogP contribution in [0.1, 0.15) is 153 Å². The van der Waals surface area contributed by atoms with Crippen molar-refractivity contribution >= 4 is 57.2 Å². The molecule has 11 rings (SSSR count). The van der Waals surface area contributed by atoms with Crippen molar-refractivity contribution in [1.29, 1.82) is 0 Å². The zero-order valence-electron chi connectivity index (χ0n) is 43.6. The van der Waals surface area contributed by atoms with Crippen LogP contribution in [-0.4, -0.2) is 6.71 Å². The Morgan fingerprint density at radius 3 is 1.51 bits per heavy atom. The number of hydrogen-bond acceptors (Lipinski definition) is 2. The largest absolute Gasteiger partial charge is 0.311 e. The van der Waals surface area contributed by atoms with Crippen LogP contribution < -0.4 is 26.2 Å². The van der Waals surface area contributed by atoms with Gasteiger partial charge in [0, 0.05) is 39.4 Å². The molecule has 0 radical (unpaired) electrons. The highest BCUT2D eigenvalue weighted by Gasteiger charge is 2.49. The Morgan fingerprint density at radius 2 is 0.926 bits per heavy atom. The summed E-state index contributed by atoms with van der Waals surface area (Å²) in [7, 11) is 0. The second-order valence-electron chi connectivity index (χ2n) is 25.5. The van der Waals surface area contributed by atoms with Crippen LogP contribution in [0.5, 0.6) is 0 Å². The van der Waals surface area contributed by atoms with E-state index in [0.717, 1.165) is 12.8 Å². The van der Waals surface area contributed by atoms with Gasteiger partial charge in [0.05, 0.1) is 5.69 Å². The number of hydrogen-bond donors (Lipinski definition) is 0. The summed E-state index contributed by atoms with van der Waals surface area (Å²) < 4.78 is 0. The topological polar surface area (TPSA) is 6.48 Å². The van der Waals surface area contributed by atoms with Crippen LogP contribution in [0.15, 0.2) is 133 Å². The number of rotatable bonds is 5. The maximum atomic E-state index is 2.70. The summed E-state index contributed by atoms with van der Waals surface area (Å²) in [6.07, 6.45) is 2.25. The fraction of sp³-hybridized carbons (Fsp3) is 0.354. The first kappa shape index (κ1) is 44.7. The molecule has 7 aromatic carbocycles. The zero-order valence-corrected chi connectivity index (χ0v) is 43.6. The summed E-state index contributed by atoms with van der Waals surface area (Å²) in [5, 5.41) is 0. The van der Waals surface area contributed by atoms with Gasteiger partial charge in [0.25, 0.3) is 6.71 Å². The number of benzene rings is 7. The van der Waals surface area contributed by atoms with Crippen LogP contribution in [0.25, 0.3) is 11.1 Å². The lowest BCUT2D eigenvalue weighted by molar-refractivity contribution is 0.402. The minimum Gasteiger partial charge on any atom is -0.311 e. The van der Waals surface area contributed by atoms with Gasteiger partial charge in [-0.15, -0.1) is 0 Å². The van der Waals surface area contributed by atoms with E-state index in [9.17, 15) is 0 Å². The first-order valence-corrected chi connectivity index (χ1v) is 25.4. The standard InChI is InChI=1S/C65H71BN2/c1-40-30-57-59-58(31-40)68(54-36-49-47(32-41(54)2)61(6,7)38-63(49,10)11)55-34-45(65(14,15)43-24-20-17-21-25-43)26-28-51(55)66(59)52-35-48-50(64(12,13)39-62(48,8)9)37-56(52)67(57)53-29-27-44(60(3,4)5)33-46(53)42-22-18-16-19-23-42/h16-37H,38-39H2,1-15H3. The minimum atomic E-state index is -0.218. The molecule has 0 saturated carbocycles. The Morgan fingerprint density at radius 1 is 0.426 bits per heavy atom. The lowest BCUT2D eigenvalue weighted by Gasteiger charge is -2.46. The molecule has 4 aliphatic rings. The first-order chi connectivity index (χ1) is 31.9. The highest BCUT2D eigenvalue weighted by Crippen LogP contribution is 2.56. The maximum Gasteiger partial charge on any atom is 0.252 e. The van der Waals surface area contributed by atoms with Gasteiger partial charge in [-0.25, -0.2) is 0 Å². The van der Waals surface area contributed by atoms with Crippen LogP contribution in [0.4, 0.5) is 34.1 Å². The van der Waals surface area contributed by atoms with Gasteiger partial charge in [-0.05, 0) is 168 Å².